The van der Waals surface area contributed by atoms with Crippen LogP contribution in [0.3, 0.4) is 0 Å². The molecule has 0 spiro atoms. The molecule has 0 aliphatic heterocycles. The molecule has 1 aromatic carbocycles. The number of aryl methyl sites for hydroxylation is 2. The van der Waals surface area contributed by atoms with E-state index in [-0.39, 0.29) is 5.95 Å². The zero-order valence-corrected chi connectivity index (χ0v) is 15.1. The lowest BCUT2D eigenvalue weighted by Crippen LogP contribution is -2.07. The van der Waals surface area contributed by atoms with Gasteiger partial charge in [0.15, 0.2) is 0 Å². The van der Waals surface area contributed by atoms with Gasteiger partial charge in [-0.1, -0.05) is 18.2 Å². The molecule has 0 aliphatic rings. The van der Waals surface area contributed by atoms with Gasteiger partial charge < -0.3 is 15.8 Å². The monoisotopic (exact) mass is 352 g/mol. The van der Waals surface area contributed by atoms with Crippen LogP contribution in [-0.2, 0) is 13.0 Å². The maximum Gasteiger partial charge on any atom is 0.222 e. The lowest BCUT2D eigenvalue weighted by atomic mass is 10.1. The number of ether oxygens (including phenoxy) is 1. The zero-order chi connectivity index (χ0) is 18.4. The van der Waals surface area contributed by atoms with Crippen molar-refractivity contribution >= 4 is 11.8 Å². The summed E-state index contributed by atoms with van der Waals surface area (Å²) in [5.74, 6) is 1.89. The molecule has 3 rings (SSSR count). The molecule has 0 atom stereocenters. The first-order valence-corrected chi connectivity index (χ1v) is 8.72. The number of nitrogen functional groups attached to an aromatic ring is 1. The number of nitrogens with one attached hydrogen (secondary N) is 1. The Morgan fingerprint density at radius 2 is 2.08 bits per heavy atom. The number of nitrogens with two attached hydrogens (primary N) is 1. The number of aromatic nitrogens is 4. The van der Waals surface area contributed by atoms with Crippen molar-refractivity contribution < 1.29 is 4.74 Å². The topological polar surface area (TPSA) is 90.9 Å². The van der Waals surface area contributed by atoms with Crippen LogP contribution < -0.4 is 15.8 Å². The van der Waals surface area contributed by atoms with Crippen molar-refractivity contribution in [1.29, 1.82) is 0 Å². The number of benzene rings is 1. The predicted octanol–water partition coefficient (Wildman–Crippen LogP) is 3.00. The highest BCUT2D eigenvalue weighted by molar-refractivity contribution is 5.62. The number of rotatable bonds is 8. The van der Waals surface area contributed by atoms with Crippen molar-refractivity contribution in [3.63, 3.8) is 0 Å². The second-order valence-corrected chi connectivity index (χ2v) is 5.92. The van der Waals surface area contributed by atoms with E-state index in [1.165, 1.54) is 5.56 Å². The lowest BCUT2D eigenvalue weighted by Gasteiger charge is -2.10. The number of para-hydroxylation sites is 1. The van der Waals surface area contributed by atoms with Crippen LogP contribution in [0.5, 0.6) is 5.75 Å². The quantitative estimate of drug-likeness (QED) is 0.606. The fourth-order valence-corrected chi connectivity index (χ4v) is 2.78. The molecule has 136 valence electrons. The molecule has 0 bridgehead atoms. The van der Waals surface area contributed by atoms with E-state index in [1.807, 2.05) is 42.1 Å². The fraction of sp³-hybridized carbons (Fsp3) is 0.316. The molecule has 0 aliphatic carbocycles. The zero-order valence-electron chi connectivity index (χ0n) is 15.1. The second-order valence-electron chi connectivity index (χ2n) is 5.92. The normalized spacial score (nSPS) is 10.7. The third kappa shape index (κ3) is 4.30. The summed E-state index contributed by atoms with van der Waals surface area (Å²) in [6, 6.07) is 9.98. The van der Waals surface area contributed by atoms with Gasteiger partial charge in [-0.3, -0.25) is 4.68 Å². The van der Waals surface area contributed by atoms with Gasteiger partial charge in [0.25, 0.3) is 0 Å². The minimum Gasteiger partial charge on any atom is -0.496 e. The molecular weight excluding hydrogens is 328 g/mol. The molecule has 0 fully saturated rings. The highest BCUT2D eigenvalue weighted by Crippen LogP contribution is 2.21. The fourth-order valence-electron chi connectivity index (χ4n) is 2.78. The largest absolute Gasteiger partial charge is 0.496 e. The molecule has 0 amide bonds. The molecule has 7 heteroatoms. The molecular formula is C19H24N6O. The summed E-state index contributed by atoms with van der Waals surface area (Å²) in [6.45, 7) is 3.64. The van der Waals surface area contributed by atoms with Crippen LogP contribution in [0.1, 0.15) is 18.9 Å². The minimum atomic E-state index is 0.249. The molecule has 0 saturated carbocycles. The van der Waals surface area contributed by atoms with Gasteiger partial charge in [0.05, 0.1) is 19.0 Å². The van der Waals surface area contributed by atoms with Gasteiger partial charge in [0.1, 0.15) is 11.6 Å². The smallest absolute Gasteiger partial charge is 0.222 e. The first-order valence-electron chi connectivity index (χ1n) is 8.72. The SMILES string of the molecule is CCn1cc(-c2cc(NCCCc3ccccc3OC)nc(N)n2)cn1. The van der Waals surface area contributed by atoms with Gasteiger partial charge in [-0.05, 0) is 31.4 Å². The standard InChI is InChI=1S/C19H24N6O/c1-3-25-13-15(12-22-25)16-11-18(24-19(20)23-16)21-10-6-8-14-7-4-5-9-17(14)26-2/h4-5,7,9,11-13H,3,6,8,10H2,1-2H3,(H3,20,21,23,24). The summed E-state index contributed by atoms with van der Waals surface area (Å²) in [5.41, 5.74) is 8.76. The molecule has 26 heavy (non-hydrogen) atoms. The Bertz CT molecular complexity index is 861. The van der Waals surface area contributed by atoms with E-state index in [2.05, 4.69) is 26.4 Å². The summed E-state index contributed by atoms with van der Waals surface area (Å²) in [6.07, 6.45) is 5.62. The minimum absolute atomic E-state index is 0.249. The Morgan fingerprint density at radius 3 is 2.85 bits per heavy atom. The molecule has 3 aromatic rings. The van der Waals surface area contributed by atoms with Crippen LogP contribution in [0.2, 0.25) is 0 Å². The maximum atomic E-state index is 5.86. The summed E-state index contributed by atoms with van der Waals surface area (Å²) >= 11 is 0. The van der Waals surface area contributed by atoms with Crippen molar-refractivity contribution in [2.45, 2.75) is 26.3 Å². The van der Waals surface area contributed by atoms with Crippen molar-refractivity contribution in [2.75, 3.05) is 24.7 Å². The molecule has 2 aromatic heterocycles. The van der Waals surface area contributed by atoms with Crippen LogP contribution in [0.15, 0.2) is 42.7 Å². The van der Waals surface area contributed by atoms with Crippen molar-refractivity contribution in [2.24, 2.45) is 0 Å². The van der Waals surface area contributed by atoms with E-state index >= 15 is 0 Å². The van der Waals surface area contributed by atoms with Crippen LogP contribution in [-0.4, -0.2) is 33.4 Å². The molecule has 7 nitrogen and oxygen atoms in total. The predicted molar refractivity (Wildman–Crippen MR) is 103 cm³/mol. The van der Waals surface area contributed by atoms with Crippen LogP contribution in [0, 0.1) is 0 Å². The van der Waals surface area contributed by atoms with Gasteiger partial charge in [-0.25, -0.2) is 4.98 Å². The Kier molecular flexibility index (Phi) is 5.68. The number of hydrogen-bond donors (Lipinski definition) is 2. The van der Waals surface area contributed by atoms with E-state index in [9.17, 15) is 0 Å². The number of nitrogens with zero attached hydrogens (tertiary/aromatic N) is 4. The molecule has 0 radical (unpaired) electrons. The van der Waals surface area contributed by atoms with Gasteiger partial charge in [-0.15, -0.1) is 0 Å². The van der Waals surface area contributed by atoms with Crippen molar-refractivity contribution in [3.8, 4) is 17.0 Å². The summed E-state index contributed by atoms with van der Waals surface area (Å²) in [4.78, 5) is 8.58. The highest BCUT2D eigenvalue weighted by Gasteiger charge is 2.07. The van der Waals surface area contributed by atoms with Gasteiger partial charge in [0, 0.05) is 30.9 Å². The number of hydrogen-bond acceptors (Lipinski definition) is 6. The van der Waals surface area contributed by atoms with E-state index in [4.69, 9.17) is 10.5 Å². The average molecular weight is 352 g/mol. The first-order chi connectivity index (χ1) is 12.7. The van der Waals surface area contributed by atoms with Crippen LogP contribution >= 0.6 is 0 Å². The summed E-state index contributed by atoms with van der Waals surface area (Å²) in [5, 5.41) is 7.60. The van der Waals surface area contributed by atoms with E-state index < -0.39 is 0 Å². The molecule has 3 N–H and O–H groups in total. The average Bonchev–Trinajstić information content (AvgIpc) is 3.14. The summed E-state index contributed by atoms with van der Waals surface area (Å²) < 4.78 is 7.24. The number of anilines is 2. The molecule has 0 unspecified atom stereocenters. The van der Waals surface area contributed by atoms with E-state index in [1.54, 1.807) is 13.3 Å². The van der Waals surface area contributed by atoms with Gasteiger partial charge in [0.2, 0.25) is 5.95 Å². The third-order valence-electron chi connectivity index (χ3n) is 4.12. The number of methoxy groups -OCH3 is 1. The van der Waals surface area contributed by atoms with E-state index in [0.717, 1.165) is 48.8 Å². The highest BCUT2D eigenvalue weighted by atomic mass is 16.5. The third-order valence-corrected chi connectivity index (χ3v) is 4.12. The molecule has 2 heterocycles. The first kappa shape index (κ1) is 17.7. The second kappa shape index (κ2) is 8.33. The lowest BCUT2D eigenvalue weighted by molar-refractivity contribution is 0.409. The van der Waals surface area contributed by atoms with Crippen LogP contribution in [0.4, 0.5) is 11.8 Å². The van der Waals surface area contributed by atoms with Crippen LogP contribution in [0.25, 0.3) is 11.3 Å². The van der Waals surface area contributed by atoms with Crippen molar-refractivity contribution in [1.82, 2.24) is 19.7 Å². The maximum absolute atomic E-state index is 5.86. The Balaban J connectivity index is 1.61. The van der Waals surface area contributed by atoms with E-state index in [0.29, 0.717) is 0 Å². The Labute approximate surface area is 153 Å². The van der Waals surface area contributed by atoms with Crippen molar-refractivity contribution in [3.05, 3.63) is 48.3 Å². The molecule has 0 saturated heterocycles. The Hall–Kier alpha value is -3.09. The van der Waals surface area contributed by atoms with Gasteiger partial charge in [-0.2, -0.15) is 10.1 Å². The summed E-state index contributed by atoms with van der Waals surface area (Å²) in [7, 11) is 1.70. The Morgan fingerprint density at radius 1 is 1.23 bits per heavy atom. The van der Waals surface area contributed by atoms with Gasteiger partial charge >= 0.3 is 0 Å².